The molecule has 0 aliphatic heterocycles. The highest BCUT2D eigenvalue weighted by Gasteiger charge is 2.16. The van der Waals surface area contributed by atoms with Crippen LogP contribution in [0.5, 0.6) is 0 Å². The van der Waals surface area contributed by atoms with Gasteiger partial charge in [0.05, 0.1) is 11.6 Å². The molecule has 21 heavy (non-hydrogen) atoms. The van der Waals surface area contributed by atoms with Crippen molar-refractivity contribution in [2.75, 3.05) is 11.9 Å². The van der Waals surface area contributed by atoms with Gasteiger partial charge in [0, 0.05) is 11.8 Å². The maximum absolute atomic E-state index is 12.1. The van der Waals surface area contributed by atoms with Crippen molar-refractivity contribution in [2.24, 2.45) is 0 Å². The fraction of sp³-hybridized carbons (Fsp3) is 0.214. The first kappa shape index (κ1) is 15.5. The minimum Gasteiger partial charge on any atom is -0.462 e. The number of amides is 1. The molecule has 0 fully saturated rings. The van der Waals surface area contributed by atoms with E-state index in [1.807, 2.05) is 0 Å². The average molecular weight is 325 g/mol. The summed E-state index contributed by atoms with van der Waals surface area (Å²) in [7, 11) is 0. The zero-order chi connectivity index (χ0) is 15.4. The molecule has 5 nitrogen and oxygen atoms in total. The van der Waals surface area contributed by atoms with Gasteiger partial charge in [-0.3, -0.25) is 4.79 Å². The van der Waals surface area contributed by atoms with Crippen molar-refractivity contribution < 1.29 is 14.3 Å². The van der Waals surface area contributed by atoms with Crippen LogP contribution in [0.2, 0.25) is 5.15 Å². The number of esters is 1. The number of thiophene rings is 1. The monoisotopic (exact) mass is 324 g/mol. The Kier molecular flexibility index (Phi) is 4.93. The van der Waals surface area contributed by atoms with Gasteiger partial charge in [-0.2, -0.15) is 0 Å². The summed E-state index contributed by atoms with van der Waals surface area (Å²) in [4.78, 5) is 28.1. The molecule has 7 heteroatoms. The Balaban J connectivity index is 2.15. The van der Waals surface area contributed by atoms with Crippen LogP contribution >= 0.6 is 22.9 Å². The third-order valence-corrected chi connectivity index (χ3v) is 3.94. The van der Waals surface area contributed by atoms with Crippen molar-refractivity contribution in [3.8, 4) is 0 Å². The summed E-state index contributed by atoms with van der Waals surface area (Å²) in [5, 5.41) is 3.55. The minimum absolute atomic E-state index is 0.247. The lowest BCUT2D eigenvalue weighted by molar-refractivity contribution is 0.0531. The number of halogens is 1. The zero-order valence-electron chi connectivity index (χ0n) is 11.5. The lowest BCUT2D eigenvalue weighted by atomic mass is 10.2. The Morgan fingerprint density at radius 2 is 2.19 bits per heavy atom. The molecule has 0 saturated carbocycles. The van der Waals surface area contributed by atoms with E-state index in [1.165, 1.54) is 23.6 Å². The topological polar surface area (TPSA) is 68.3 Å². The van der Waals surface area contributed by atoms with Crippen LogP contribution in [-0.2, 0) is 4.74 Å². The van der Waals surface area contributed by atoms with E-state index in [4.69, 9.17) is 16.3 Å². The Bertz CT molecular complexity index is 685. The lowest BCUT2D eigenvalue weighted by Crippen LogP contribution is -2.10. The minimum atomic E-state index is -0.382. The van der Waals surface area contributed by atoms with Crippen LogP contribution in [0.1, 0.15) is 32.5 Å². The molecule has 0 aliphatic carbocycles. The van der Waals surface area contributed by atoms with Crippen molar-refractivity contribution in [1.82, 2.24) is 4.98 Å². The van der Waals surface area contributed by atoms with Gasteiger partial charge in [-0.25, -0.2) is 9.78 Å². The Labute approximate surface area is 130 Å². The van der Waals surface area contributed by atoms with E-state index < -0.39 is 0 Å². The molecule has 2 aromatic heterocycles. The molecule has 1 N–H and O–H groups in total. The Hall–Kier alpha value is -1.92. The number of rotatable bonds is 4. The van der Waals surface area contributed by atoms with Crippen molar-refractivity contribution in [3.63, 3.8) is 0 Å². The van der Waals surface area contributed by atoms with E-state index in [2.05, 4.69) is 10.3 Å². The highest BCUT2D eigenvalue weighted by atomic mass is 35.5. The van der Waals surface area contributed by atoms with E-state index >= 15 is 0 Å². The first-order chi connectivity index (χ1) is 10.0. The smallest absolute Gasteiger partial charge is 0.348 e. The van der Waals surface area contributed by atoms with Crippen LogP contribution in [-0.4, -0.2) is 23.5 Å². The van der Waals surface area contributed by atoms with Crippen molar-refractivity contribution in [1.29, 1.82) is 0 Å². The van der Waals surface area contributed by atoms with Crippen molar-refractivity contribution in [3.05, 3.63) is 45.6 Å². The third-order valence-electron chi connectivity index (χ3n) is 2.60. The Morgan fingerprint density at radius 3 is 2.86 bits per heavy atom. The third kappa shape index (κ3) is 3.80. The average Bonchev–Trinajstić information content (AvgIpc) is 2.80. The van der Waals surface area contributed by atoms with Gasteiger partial charge in [0.25, 0.3) is 5.91 Å². The molecule has 0 aliphatic rings. The SMILES string of the molecule is CCOC(=O)c1sc(NC(=O)c2ccnc(Cl)c2)cc1C. The number of nitrogens with one attached hydrogen (secondary N) is 1. The van der Waals surface area contributed by atoms with E-state index in [0.717, 1.165) is 5.56 Å². The molecule has 0 radical (unpaired) electrons. The molecule has 1 amide bonds. The predicted octanol–water partition coefficient (Wildman–Crippen LogP) is 3.53. The van der Waals surface area contributed by atoms with Gasteiger partial charge in [0.15, 0.2) is 0 Å². The predicted molar refractivity (Wildman–Crippen MR) is 82.2 cm³/mol. The van der Waals surface area contributed by atoms with Gasteiger partial charge in [0.1, 0.15) is 10.0 Å². The number of pyridine rings is 1. The zero-order valence-corrected chi connectivity index (χ0v) is 13.0. The lowest BCUT2D eigenvalue weighted by Gasteiger charge is -2.02. The van der Waals surface area contributed by atoms with Gasteiger partial charge >= 0.3 is 5.97 Å². The summed E-state index contributed by atoms with van der Waals surface area (Å²) < 4.78 is 4.96. The van der Waals surface area contributed by atoms with Gasteiger partial charge in [-0.05, 0) is 37.6 Å². The molecule has 110 valence electrons. The Morgan fingerprint density at radius 1 is 1.43 bits per heavy atom. The first-order valence-corrected chi connectivity index (χ1v) is 7.41. The summed E-state index contributed by atoms with van der Waals surface area (Å²) in [6, 6.07) is 4.77. The summed E-state index contributed by atoms with van der Waals surface area (Å²) in [5.74, 6) is -0.691. The quantitative estimate of drug-likeness (QED) is 0.690. The molecule has 0 atom stereocenters. The molecule has 2 heterocycles. The maximum atomic E-state index is 12.1. The van der Waals surface area contributed by atoms with Crippen LogP contribution in [0.3, 0.4) is 0 Å². The molecule has 2 rings (SSSR count). The molecule has 0 saturated heterocycles. The number of carbonyl (C=O) groups is 2. The highest BCUT2D eigenvalue weighted by Crippen LogP contribution is 2.27. The van der Waals surface area contributed by atoms with Gasteiger partial charge in [-0.1, -0.05) is 11.6 Å². The fourth-order valence-corrected chi connectivity index (χ4v) is 2.81. The van der Waals surface area contributed by atoms with Gasteiger partial charge in [0.2, 0.25) is 0 Å². The first-order valence-electron chi connectivity index (χ1n) is 6.21. The molecule has 2 aromatic rings. The van der Waals surface area contributed by atoms with Crippen LogP contribution < -0.4 is 5.32 Å². The van der Waals surface area contributed by atoms with E-state index in [0.29, 0.717) is 22.0 Å². The number of nitrogens with zero attached hydrogens (tertiary/aromatic N) is 1. The number of anilines is 1. The molecule has 0 bridgehead atoms. The number of aryl methyl sites for hydroxylation is 1. The number of carbonyl (C=O) groups excluding carboxylic acids is 2. The van der Waals surface area contributed by atoms with Crippen molar-refractivity contribution >= 4 is 39.8 Å². The highest BCUT2D eigenvalue weighted by molar-refractivity contribution is 7.18. The van der Waals surface area contributed by atoms with E-state index in [1.54, 1.807) is 26.0 Å². The summed E-state index contributed by atoms with van der Waals surface area (Å²) in [6.07, 6.45) is 1.46. The van der Waals surface area contributed by atoms with E-state index in [9.17, 15) is 9.59 Å². The van der Waals surface area contributed by atoms with Crippen LogP contribution in [0.4, 0.5) is 5.00 Å². The molecule has 0 spiro atoms. The number of ether oxygens (including phenoxy) is 1. The standard InChI is InChI=1S/C14H13ClN2O3S/c1-3-20-14(19)12-8(2)6-11(21-12)17-13(18)9-4-5-16-10(15)7-9/h4-7H,3H2,1-2H3,(H,17,18). The second-order valence-corrected chi connectivity index (χ2v) is 5.60. The number of hydrogen-bond donors (Lipinski definition) is 1. The van der Waals surface area contributed by atoms with E-state index in [-0.39, 0.29) is 17.0 Å². The molecule has 0 unspecified atom stereocenters. The normalized spacial score (nSPS) is 10.2. The summed E-state index contributed by atoms with van der Waals surface area (Å²) >= 11 is 6.93. The van der Waals surface area contributed by atoms with Crippen molar-refractivity contribution in [2.45, 2.75) is 13.8 Å². The maximum Gasteiger partial charge on any atom is 0.348 e. The van der Waals surface area contributed by atoms with Gasteiger partial charge < -0.3 is 10.1 Å². The summed E-state index contributed by atoms with van der Waals surface area (Å²) in [5.41, 5.74) is 1.17. The molecular weight excluding hydrogens is 312 g/mol. The summed E-state index contributed by atoms with van der Waals surface area (Å²) in [6.45, 7) is 3.85. The largest absolute Gasteiger partial charge is 0.462 e. The second-order valence-electron chi connectivity index (χ2n) is 4.16. The molecule has 0 aromatic carbocycles. The molecular formula is C14H13ClN2O3S. The van der Waals surface area contributed by atoms with Gasteiger partial charge in [-0.15, -0.1) is 11.3 Å². The second kappa shape index (κ2) is 6.69. The fourth-order valence-electron chi connectivity index (χ4n) is 1.67. The number of hydrogen-bond acceptors (Lipinski definition) is 5. The number of aromatic nitrogens is 1. The van der Waals surface area contributed by atoms with Crippen LogP contribution in [0, 0.1) is 6.92 Å². The van der Waals surface area contributed by atoms with Crippen LogP contribution in [0.15, 0.2) is 24.4 Å². The van der Waals surface area contributed by atoms with Crippen LogP contribution in [0.25, 0.3) is 0 Å².